The van der Waals surface area contributed by atoms with Crippen LogP contribution in [0.1, 0.15) is 65.7 Å². The first-order chi connectivity index (χ1) is 28.2. The highest BCUT2D eigenvalue weighted by atomic mass is 16.5. The number of imide groups is 2. The molecule has 4 aliphatic heterocycles. The third kappa shape index (κ3) is 6.69. The van der Waals surface area contributed by atoms with Gasteiger partial charge in [0.1, 0.15) is 17.9 Å². The van der Waals surface area contributed by atoms with Crippen molar-refractivity contribution in [3.05, 3.63) is 84.3 Å². The Morgan fingerprint density at radius 3 is 2.43 bits per heavy atom. The number of piperidine rings is 1. The number of carbonyl (C=O) groups excluding carboxylic acids is 4. The van der Waals surface area contributed by atoms with E-state index in [4.69, 9.17) is 9.47 Å². The standard InChI is InChI=1S/C45H47N7O6/c1-49-37-13-14-46-22-36(37)33-8-5-29(19-39(33)49)30-6-12-41(47-21-30)58-32-17-28(18-32)23-51-26-45(27-51)24-50(25-45)15-3-2-4-16-57-31-7-9-34-35(20-31)44(56)52(43(34)55)38-10-11-40(53)48-42(38)54/h5-9,12-14,19-22,28,32,38H,2-4,10-11,15-18,23-27H2,1H3,(H,48,53,54)/t28-,32-,38?. The molecule has 1 unspecified atom stereocenters. The van der Waals surface area contributed by atoms with Gasteiger partial charge >= 0.3 is 0 Å². The number of rotatable bonds is 13. The molecule has 5 aromatic rings. The van der Waals surface area contributed by atoms with Crippen molar-refractivity contribution in [2.24, 2.45) is 18.4 Å². The second-order valence-corrected chi connectivity index (χ2v) is 17.1. The van der Waals surface area contributed by atoms with Crippen molar-refractivity contribution >= 4 is 45.4 Å². The normalized spacial score (nSPS) is 22.8. The number of nitrogens with zero attached hydrogens (tertiary/aromatic N) is 6. The summed E-state index contributed by atoms with van der Waals surface area (Å²) < 4.78 is 14.4. The van der Waals surface area contributed by atoms with Crippen LogP contribution >= 0.6 is 0 Å². The number of hydrogen-bond acceptors (Lipinski definition) is 10. The van der Waals surface area contributed by atoms with E-state index < -0.39 is 29.7 Å². The fourth-order valence-corrected chi connectivity index (χ4v) is 9.95. The van der Waals surface area contributed by atoms with Crippen molar-refractivity contribution in [2.75, 3.05) is 45.9 Å². The van der Waals surface area contributed by atoms with Crippen LogP contribution in [0.15, 0.2) is 73.2 Å². The van der Waals surface area contributed by atoms with Gasteiger partial charge in [-0.25, -0.2) is 4.98 Å². The summed E-state index contributed by atoms with van der Waals surface area (Å²) in [6, 6.07) is 16.6. The predicted molar refractivity (Wildman–Crippen MR) is 216 cm³/mol. The summed E-state index contributed by atoms with van der Waals surface area (Å²) in [4.78, 5) is 65.0. The smallest absolute Gasteiger partial charge is 0.262 e. The zero-order valence-corrected chi connectivity index (χ0v) is 32.7. The first kappa shape index (κ1) is 36.7. The second-order valence-electron chi connectivity index (χ2n) is 17.1. The molecule has 1 atom stereocenters. The molecule has 2 aromatic carbocycles. The molecule has 0 radical (unpaired) electrons. The van der Waals surface area contributed by atoms with E-state index in [1.54, 1.807) is 18.2 Å². The van der Waals surface area contributed by atoms with Crippen molar-refractivity contribution < 1.29 is 28.7 Å². The van der Waals surface area contributed by atoms with Crippen molar-refractivity contribution in [3.8, 4) is 22.8 Å². The van der Waals surface area contributed by atoms with Gasteiger partial charge in [0.15, 0.2) is 0 Å². The quantitative estimate of drug-likeness (QED) is 0.125. The molecule has 3 saturated heterocycles. The molecule has 7 heterocycles. The molecule has 58 heavy (non-hydrogen) atoms. The Morgan fingerprint density at radius 1 is 0.810 bits per heavy atom. The minimum atomic E-state index is -0.973. The van der Waals surface area contributed by atoms with E-state index in [2.05, 4.69) is 67.0 Å². The number of carbonyl (C=O) groups is 4. The highest BCUT2D eigenvalue weighted by Crippen LogP contribution is 2.42. The first-order valence-electron chi connectivity index (χ1n) is 20.6. The zero-order valence-electron chi connectivity index (χ0n) is 32.7. The molecular formula is C45H47N7O6. The van der Waals surface area contributed by atoms with Gasteiger partial charge in [0.25, 0.3) is 11.8 Å². The summed E-state index contributed by atoms with van der Waals surface area (Å²) in [5.41, 5.74) is 5.54. The molecule has 4 amide bonds. The highest BCUT2D eigenvalue weighted by molar-refractivity contribution is 6.23. The fraction of sp³-hybridized carbons (Fsp3) is 0.422. The van der Waals surface area contributed by atoms with E-state index in [0.29, 0.717) is 29.6 Å². The Bertz CT molecular complexity index is 2440. The Labute approximate surface area is 336 Å². The fourth-order valence-electron chi connectivity index (χ4n) is 9.95. The topological polar surface area (TPSA) is 139 Å². The van der Waals surface area contributed by atoms with Crippen LogP contribution in [0, 0.1) is 11.3 Å². The lowest BCUT2D eigenvalue weighted by Gasteiger charge is -2.61. The molecule has 0 bridgehead atoms. The Balaban J connectivity index is 0.597. The monoisotopic (exact) mass is 781 g/mol. The van der Waals surface area contributed by atoms with E-state index in [-0.39, 0.29) is 30.1 Å². The van der Waals surface area contributed by atoms with Crippen molar-refractivity contribution in [3.63, 3.8) is 0 Å². The summed E-state index contributed by atoms with van der Waals surface area (Å²) in [5.74, 6) is -0.120. The summed E-state index contributed by atoms with van der Waals surface area (Å²) >= 11 is 0. The molecule has 13 nitrogen and oxygen atoms in total. The van der Waals surface area contributed by atoms with Crippen LogP contribution in [0.25, 0.3) is 32.9 Å². The van der Waals surface area contributed by atoms with E-state index in [1.807, 2.05) is 24.7 Å². The SMILES string of the molecule is Cn1c2ccncc2c2ccc(-c3ccc(O[C@H]4C[C@H](CN5CC6(CN(CCCCCOc7ccc8c(c7)C(=O)N(C7CCC(=O)NC7=O)C8=O)C6)C5)C4)nc3)cc21. The number of pyridine rings is 2. The van der Waals surface area contributed by atoms with Crippen LogP contribution in [-0.4, -0.2) is 111 Å². The molecule has 4 fully saturated rings. The van der Waals surface area contributed by atoms with Gasteiger partial charge in [-0.2, -0.15) is 0 Å². The summed E-state index contributed by atoms with van der Waals surface area (Å²) in [5, 5.41) is 4.60. The maximum absolute atomic E-state index is 13.1. The molecule has 298 valence electrons. The average Bonchev–Trinajstić information content (AvgIpc) is 3.61. The molecule has 1 aliphatic carbocycles. The highest BCUT2D eigenvalue weighted by Gasteiger charge is 2.52. The van der Waals surface area contributed by atoms with Crippen molar-refractivity contribution in [2.45, 2.75) is 57.1 Å². The molecular weight excluding hydrogens is 735 g/mol. The summed E-state index contributed by atoms with van der Waals surface area (Å²) in [6.45, 7) is 7.55. The second kappa shape index (κ2) is 14.6. The van der Waals surface area contributed by atoms with Crippen LogP contribution in [0.2, 0.25) is 0 Å². The van der Waals surface area contributed by atoms with E-state index in [1.165, 1.54) is 48.0 Å². The molecule has 1 N–H and O–H groups in total. The van der Waals surface area contributed by atoms with Crippen LogP contribution in [-0.2, 0) is 16.6 Å². The molecule has 10 rings (SSSR count). The van der Waals surface area contributed by atoms with E-state index >= 15 is 0 Å². The van der Waals surface area contributed by atoms with Crippen LogP contribution < -0.4 is 14.8 Å². The Kier molecular flexibility index (Phi) is 9.24. The Morgan fingerprint density at radius 2 is 1.62 bits per heavy atom. The lowest BCUT2D eigenvalue weighted by atomic mass is 9.71. The number of fused-ring (bicyclic) bond motifs is 4. The van der Waals surface area contributed by atoms with Crippen molar-refractivity contribution in [1.82, 2.24) is 34.6 Å². The molecule has 5 aliphatic rings. The zero-order chi connectivity index (χ0) is 39.5. The minimum Gasteiger partial charge on any atom is -0.494 e. The van der Waals surface area contributed by atoms with Gasteiger partial charge in [0.2, 0.25) is 17.7 Å². The number of likely N-dealkylation sites (tertiary alicyclic amines) is 2. The lowest BCUT2D eigenvalue weighted by Crippen LogP contribution is -2.72. The van der Waals surface area contributed by atoms with Gasteiger partial charge in [0.05, 0.1) is 23.3 Å². The number of hydrogen-bond donors (Lipinski definition) is 1. The average molecular weight is 782 g/mol. The van der Waals surface area contributed by atoms with Crippen LogP contribution in [0.3, 0.4) is 0 Å². The molecule has 13 heteroatoms. The van der Waals surface area contributed by atoms with Gasteiger partial charge in [-0.3, -0.25) is 34.4 Å². The van der Waals surface area contributed by atoms with Crippen LogP contribution in [0.4, 0.5) is 0 Å². The molecule has 3 aromatic heterocycles. The maximum atomic E-state index is 13.1. The number of amides is 4. The van der Waals surface area contributed by atoms with Gasteiger partial charge in [-0.05, 0) is 92.9 Å². The minimum absolute atomic E-state index is 0.0931. The van der Waals surface area contributed by atoms with Gasteiger partial charge in [0, 0.05) is 98.1 Å². The van der Waals surface area contributed by atoms with E-state index in [0.717, 1.165) is 61.2 Å². The van der Waals surface area contributed by atoms with Gasteiger partial charge < -0.3 is 23.8 Å². The third-order valence-electron chi connectivity index (χ3n) is 12.9. The van der Waals surface area contributed by atoms with Crippen LogP contribution in [0.5, 0.6) is 11.6 Å². The molecule has 1 spiro atoms. The largest absolute Gasteiger partial charge is 0.494 e. The van der Waals surface area contributed by atoms with Gasteiger partial charge in [-0.1, -0.05) is 12.1 Å². The number of aryl methyl sites for hydroxylation is 1. The number of unbranched alkanes of at least 4 members (excludes halogenated alkanes) is 2. The Hall–Kier alpha value is -5.66. The van der Waals surface area contributed by atoms with Gasteiger partial charge in [-0.15, -0.1) is 0 Å². The number of aromatic nitrogens is 3. The number of nitrogens with one attached hydrogen (secondary N) is 1. The molecule has 1 saturated carbocycles. The first-order valence-corrected chi connectivity index (χ1v) is 20.6. The third-order valence-corrected chi connectivity index (χ3v) is 12.9. The number of benzene rings is 2. The summed E-state index contributed by atoms with van der Waals surface area (Å²) in [7, 11) is 2.10. The van der Waals surface area contributed by atoms with Crippen molar-refractivity contribution in [1.29, 1.82) is 0 Å². The number of ether oxygens (including phenoxy) is 2. The summed E-state index contributed by atoms with van der Waals surface area (Å²) in [6.07, 6.45) is 11.4. The van der Waals surface area contributed by atoms with E-state index in [9.17, 15) is 19.2 Å². The lowest BCUT2D eigenvalue weighted by molar-refractivity contribution is -0.136. The maximum Gasteiger partial charge on any atom is 0.262 e. The predicted octanol–water partition coefficient (Wildman–Crippen LogP) is 5.21.